The van der Waals surface area contributed by atoms with Gasteiger partial charge in [0, 0.05) is 18.8 Å². The first-order valence-electron chi connectivity index (χ1n) is 6.00. The van der Waals surface area contributed by atoms with E-state index in [1.54, 1.807) is 13.8 Å². The van der Waals surface area contributed by atoms with Crippen molar-refractivity contribution in [3.63, 3.8) is 0 Å². The number of carbonyl (C=O) groups excluding carboxylic acids is 1. The van der Waals surface area contributed by atoms with E-state index < -0.39 is 9.84 Å². The zero-order chi connectivity index (χ0) is 13.5. The van der Waals surface area contributed by atoms with Crippen molar-refractivity contribution in [1.82, 2.24) is 10.6 Å². The number of hydrogen-bond acceptors (Lipinski definition) is 4. The summed E-state index contributed by atoms with van der Waals surface area (Å²) in [7, 11) is -2.96. The largest absolute Gasteiger partial charge is 0.354 e. The predicted molar refractivity (Wildman–Crippen MR) is 69.6 cm³/mol. The fraction of sp³-hybridized carbons (Fsp3) is 0.909. The van der Waals surface area contributed by atoms with Crippen LogP contribution >= 0.6 is 0 Å². The van der Waals surface area contributed by atoms with Gasteiger partial charge in [0.25, 0.3) is 0 Å². The molecule has 0 radical (unpaired) electrons. The van der Waals surface area contributed by atoms with Gasteiger partial charge in [0.1, 0.15) is 0 Å². The van der Waals surface area contributed by atoms with Crippen molar-refractivity contribution in [3.05, 3.63) is 0 Å². The third-order valence-corrected chi connectivity index (χ3v) is 4.09. The van der Waals surface area contributed by atoms with Gasteiger partial charge in [-0.05, 0) is 12.8 Å². The summed E-state index contributed by atoms with van der Waals surface area (Å²) < 4.78 is 22.5. The minimum Gasteiger partial charge on any atom is -0.354 e. The first-order valence-corrected chi connectivity index (χ1v) is 7.82. The van der Waals surface area contributed by atoms with Gasteiger partial charge in [0.2, 0.25) is 5.91 Å². The molecule has 0 fully saturated rings. The van der Waals surface area contributed by atoms with Gasteiger partial charge >= 0.3 is 0 Å². The van der Waals surface area contributed by atoms with E-state index in [0.717, 1.165) is 0 Å². The maximum absolute atomic E-state index is 11.5. The summed E-state index contributed by atoms with van der Waals surface area (Å²) in [6.07, 6.45) is 0. The minimum atomic E-state index is -2.96. The van der Waals surface area contributed by atoms with Crippen molar-refractivity contribution in [3.8, 4) is 0 Å². The second-order valence-electron chi connectivity index (χ2n) is 4.55. The number of hydrogen-bond donors (Lipinski definition) is 2. The third-order valence-electron chi connectivity index (χ3n) is 2.38. The summed E-state index contributed by atoms with van der Waals surface area (Å²) in [4.78, 5) is 11.5. The second-order valence-corrected chi connectivity index (χ2v) is 7.02. The van der Waals surface area contributed by atoms with Crippen LogP contribution in [0.2, 0.25) is 0 Å². The standard InChI is InChI=1S/C11H24N2O3S/c1-5-17(15,16)7-6-12-10(4)11(14)13-8-9(2)3/h9-10,12H,5-8H2,1-4H3,(H,13,14). The average molecular weight is 264 g/mol. The Bertz CT molecular complexity index is 326. The Morgan fingerprint density at radius 3 is 2.29 bits per heavy atom. The molecular weight excluding hydrogens is 240 g/mol. The van der Waals surface area contributed by atoms with E-state index in [9.17, 15) is 13.2 Å². The Hall–Kier alpha value is -0.620. The molecule has 5 nitrogen and oxygen atoms in total. The van der Waals surface area contributed by atoms with Gasteiger partial charge in [-0.15, -0.1) is 0 Å². The van der Waals surface area contributed by atoms with Gasteiger partial charge in [-0.3, -0.25) is 4.79 Å². The summed E-state index contributed by atoms with van der Waals surface area (Å²) in [6, 6.07) is -0.360. The van der Waals surface area contributed by atoms with Crippen LogP contribution in [0, 0.1) is 5.92 Å². The number of carbonyl (C=O) groups is 1. The molecule has 2 N–H and O–H groups in total. The fourth-order valence-corrected chi connectivity index (χ4v) is 1.84. The summed E-state index contributed by atoms with van der Waals surface area (Å²) >= 11 is 0. The molecule has 1 unspecified atom stereocenters. The van der Waals surface area contributed by atoms with Crippen LogP contribution in [0.1, 0.15) is 27.7 Å². The molecule has 102 valence electrons. The highest BCUT2D eigenvalue weighted by Crippen LogP contribution is 1.91. The molecule has 17 heavy (non-hydrogen) atoms. The molecule has 0 aromatic heterocycles. The smallest absolute Gasteiger partial charge is 0.236 e. The maximum Gasteiger partial charge on any atom is 0.236 e. The minimum absolute atomic E-state index is 0.0747. The second kappa shape index (κ2) is 7.66. The molecule has 0 saturated carbocycles. The predicted octanol–water partition coefficient (Wildman–Crippen LogP) is 0.171. The van der Waals surface area contributed by atoms with Crippen LogP contribution in [0.5, 0.6) is 0 Å². The number of sulfone groups is 1. The molecule has 0 bridgehead atoms. The van der Waals surface area contributed by atoms with E-state index in [1.807, 2.05) is 13.8 Å². The van der Waals surface area contributed by atoms with Crippen LogP contribution in [0.3, 0.4) is 0 Å². The lowest BCUT2D eigenvalue weighted by Gasteiger charge is -2.15. The average Bonchev–Trinajstić information content (AvgIpc) is 2.25. The highest BCUT2D eigenvalue weighted by Gasteiger charge is 2.13. The van der Waals surface area contributed by atoms with E-state index >= 15 is 0 Å². The van der Waals surface area contributed by atoms with Crippen molar-refractivity contribution in [2.75, 3.05) is 24.6 Å². The van der Waals surface area contributed by atoms with E-state index in [4.69, 9.17) is 0 Å². The molecule has 0 aliphatic carbocycles. The molecule has 0 aromatic rings. The van der Waals surface area contributed by atoms with E-state index in [1.165, 1.54) is 0 Å². The molecule has 1 atom stereocenters. The summed E-state index contributed by atoms with van der Waals surface area (Å²) in [5.74, 6) is 0.535. The van der Waals surface area contributed by atoms with E-state index in [0.29, 0.717) is 19.0 Å². The zero-order valence-electron chi connectivity index (χ0n) is 11.1. The van der Waals surface area contributed by atoms with Gasteiger partial charge < -0.3 is 10.6 Å². The van der Waals surface area contributed by atoms with Crippen molar-refractivity contribution in [2.24, 2.45) is 5.92 Å². The molecular formula is C11H24N2O3S. The molecule has 0 aliphatic heterocycles. The van der Waals surface area contributed by atoms with Crippen molar-refractivity contribution < 1.29 is 13.2 Å². The monoisotopic (exact) mass is 264 g/mol. The molecule has 1 amide bonds. The van der Waals surface area contributed by atoms with E-state index in [2.05, 4.69) is 10.6 Å². The van der Waals surface area contributed by atoms with Gasteiger partial charge in [0.15, 0.2) is 9.84 Å². The van der Waals surface area contributed by atoms with Crippen LogP contribution in [0.15, 0.2) is 0 Å². The quantitative estimate of drug-likeness (QED) is 0.655. The molecule has 0 aliphatic rings. The SMILES string of the molecule is CCS(=O)(=O)CCNC(C)C(=O)NCC(C)C. The molecule has 0 rings (SSSR count). The topological polar surface area (TPSA) is 75.3 Å². The lowest BCUT2D eigenvalue weighted by molar-refractivity contribution is -0.122. The number of amides is 1. The van der Waals surface area contributed by atoms with E-state index in [-0.39, 0.29) is 23.5 Å². The maximum atomic E-state index is 11.5. The summed E-state index contributed by atoms with van der Waals surface area (Å²) in [6.45, 7) is 8.34. The Morgan fingerprint density at radius 1 is 1.24 bits per heavy atom. The first-order chi connectivity index (χ1) is 7.78. The Labute approximate surface area is 104 Å². The highest BCUT2D eigenvalue weighted by atomic mass is 32.2. The van der Waals surface area contributed by atoms with Crippen molar-refractivity contribution in [1.29, 1.82) is 0 Å². The Morgan fingerprint density at radius 2 is 1.82 bits per heavy atom. The van der Waals surface area contributed by atoms with Crippen LogP contribution < -0.4 is 10.6 Å². The van der Waals surface area contributed by atoms with Crippen molar-refractivity contribution in [2.45, 2.75) is 33.7 Å². The van der Waals surface area contributed by atoms with Gasteiger partial charge in [-0.1, -0.05) is 20.8 Å². The molecule has 0 aromatic carbocycles. The summed E-state index contributed by atoms with van der Waals surface area (Å²) in [5, 5.41) is 5.70. The Balaban J connectivity index is 3.86. The zero-order valence-corrected chi connectivity index (χ0v) is 11.9. The molecule has 0 saturated heterocycles. The van der Waals surface area contributed by atoms with Crippen molar-refractivity contribution >= 4 is 15.7 Å². The first kappa shape index (κ1) is 16.4. The third kappa shape index (κ3) is 8.15. The normalized spacial score (nSPS) is 13.7. The van der Waals surface area contributed by atoms with Crippen LogP contribution in [-0.4, -0.2) is 45.0 Å². The van der Waals surface area contributed by atoms with Gasteiger partial charge in [-0.25, -0.2) is 8.42 Å². The molecule has 6 heteroatoms. The van der Waals surface area contributed by atoms with Crippen LogP contribution in [0.25, 0.3) is 0 Å². The van der Waals surface area contributed by atoms with Crippen LogP contribution in [0.4, 0.5) is 0 Å². The summed E-state index contributed by atoms with van der Waals surface area (Å²) in [5.41, 5.74) is 0. The Kier molecular flexibility index (Phi) is 7.38. The molecule has 0 heterocycles. The van der Waals surface area contributed by atoms with Gasteiger partial charge in [0.05, 0.1) is 11.8 Å². The van der Waals surface area contributed by atoms with Crippen LogP contribution in [-0.2, 0) is 14.6 Å². The molecule has 0 spiro atoms. The fourth-order valence-electron chi connectivity index (χ4n) is 1.13. The lowest BCUT2D eigenvalue weighted by Crippen LogP contribution is -2.44. The number of nitrogens with one attached hydrogen (secondary N) is 2. The lowest BCUT2D eigenvalue weighted by atomic mass is 10.2. The number of rotatable bonds is 8. The van der Waals surface area contributed by atoms with Gasteiger partial charge in [-0.2, -0.15) is 0 Å². The highest BCUT2D eigenvalue weighted by molar-refractivity contribution is 7.91.